The zero-order valence-electron chi connectivity index (χ0n) is 11.6. The minimum atomic E-state index is -3.68. The largest absolute Gasteiger partial charge is 0.478 e. The second-order valence-corrected chi connectivity index (χ2v) is 7.17. The summed E-state index contributed by atoms with van der Waals surface area (Å²) in [7, 11) is -3.68. The summed E-state index contributed by atoms with van der Waals surface area (Å²) < 4.78 is 25.8. The van der Waals surface area contributed by atoms with Gasteiger partial charge < -0.3 is 5.11 Å². The van der Waals surface area contributed by atoms with Crippen LogP contribution in [0.25, 0.3) is 0 Å². The summed E-state index contributed by atoms with van der Waals surface area (Å²) >= 11 is 0. The van der Waals surface area contributed by atoms with Crippen LogP contribution in [0.4, 0.5) is 0 Å². The minimum absolute atomic E-state index is 0.0320. The van der Waals surface area contributed by atoms with Crippen LogP contribution in [-0.2, 0) is 10.0 Å². The maximum absolute atomic E-state index is 12.0. The number of aromatic carboxylic acids is 1. The highest BCUT2D eigenvalue weighted by Crippen LogP contribution is 2.27. The third kappa shape index (κ3) is 4.04. The van der Waals surface area contributed by atoms with E-state index in [-0.39, 0.29) is 22.8 Å². The summed E-state index contributed by atoms with van der Waals surface area (Å²) in [5.74, 6) is -1.90. The molecular formula is C14H17NO5S. The van der Waals surface area contributed by atoms with Crippen molar-refractivity contribution in [1.82, 2.24) is 4.72 Å². The Morgan fingerprint density at radius 2 is 1.86 bits per heavy atom. The normalized spacial score (nSPS) is 15.3. The van der Waals surface area contributed by atoms with E-state index in [1.54, 1.807) is 6.92 Å². The Bertz CT molecular complexity index is 677. The van der Waals surface area contributed by atoms with Gasteiger partial charge in [-0.05, 0) is 49.4 Å². The molecule has 0 spiro atoms. The van der Waals surface area contributed by atoms with Crippen molar-refractivity contribution in [1.29, 1.82) is 0 Å². The highest BCUT2D eigenvalue weighted by atomic mass is 32.2. The van der Waals surface area contributed by atoms with E-state index >= 15 is 0 Å². The molecule has 1 aliphatic rings. The van der Waals surface area contributed by atoms with E-state index in [1.807, 2.05) is 4.72 Å². The minimum Gasteiger partial charge on any atom is -0.478 e. The molecule has 2 rings (SSSR count). The summed E-state index contributed by atoms with van der Waals surface area (Å²) in [5.41, 5.74) is 0.567. The Morgan fingerprint density at radius 3 is 2.38 bits per heavy atom. The number of carboxylic acids is 1. The van der Waals surface area contributed by atoms with E-state index in [0.29, 0.717) is 5.56 Å². The predicted octanol–water partition coefficient (Wildman–Crippen LogP) is 1.55. The van der Waals surface area contributed by atoms with E-state index in [0.717, 1.165) is 19.3 Å². The molecule has 0 aromatic heterocycles. The fourth-order valence-electron chi connectivity index (χ4n) is 2.25. The van der Waals surface area contributed by atoms with Gasteiger partial charge in [-0.15, -0.1) is 0 Å². The van der Waals surface area contributed by atoms with Crippen molar-refractivity contribution in [3.05, 3.63) is 34.9 Å². The third-order valence-corrected chi connectivity index (χ3v) is 4.92. The molecule has 0 saturated heterocycles. The molecule has 6 nitrogen and oxygen atoms in total. The second kappa shape index (κ2) is 5.85. The van der Waals surface area contributed by atoms with E-state index < -0.39 is 21.9 Å². The van der Waals surface area contributed by atoms with E-state index in [2.05, 4.69) is 0 Å². The van der Waals surface area contributed by atoms with Crippen LogP contribution in [-0.4, -0.2) is 31.2 Å². The van der Waals surface area contributed by atoms with Gasteiger partial charge in [0.1, 0.15) is 0 Å². The topological polar surface area (TPSA) is 101 Å². The van der Waals surface area contributed by atoms with Crippen molar-refractivity contribution >= 4 is 21.9 Å². The molecule has 0 heterocycles. The molecule has 1 aliphatic carbocycles. The van der Waals surface area contributed by atoms with Gasteiger partial charge in [0.15, 0.2) is 0 Å². The van der Waals surface area contributed by atoms with Crippen LogP contribution in [0, 0.1) is 12.8 Å². The smallest absolute Gasteiger partial charge is 0.335 e. The molecule has 21 heavy (non-hydrogen) atoms. The van der Waals surface area contributed by atoms with E-state index in [4.69, 9.17) is 5.11 Å². The maximum atomic E-state index is 12.0. The summed E-state index contributed by atoms with van der Waals surface area (Å²) in [6.45, 7) is 1.64. The van der Waals surface area contributed by atoms with Crippen LogP contribution in [0.2, 0.25) is 0 Å². The van der Waals surface area contributed by atoms with E-state index in [1.165, 1.54) is 18.2 Å². The summed E-state index contributed by atoms with van der Waals surface area (Å²) in [6.07, 6.45) is 2.75. The molecule has 7 heteroatoms. The number of amides is 1. The molecule has 1 fully saturated rings. The third-order valence-electron chi connectivity index (χ3n) is 3.51. The Kier molecular flexibility index (Phi) is 4.32. The summed E-state index contributed by atoms with van der Waals surface area (Å²) in [5, 5.41) is 8.96. The number of carbonyl (C=O) groups is 2. The number of benzene rings is 1. The highest BCUT2D eigenvalue weighted by Gasteiger charge is 2.26. The van der Waals surface area contributed by atoms with Crippen LogP contribution in [0.15, 0.2) is 18.2 Å². The fourth-order valence-corrected chi connectivity index (χ4v) is 3.69. The van der Waals surface area contributed by atoms with Gasteiger partial charge in [-0.2, -0.15) is 0 Å². The molecule has 0 bridgehead atoms. The molecule has 0 radical (unpaired) electrons. The monoisotopic (exact) mass is 311 g/mol. The van der Waals surface area contributed by atoms with Gasteiger partial charge in [0, 0.05) is 5.56 Å². The van der Waals surface area contributed by atoms with Crippen molar-refractivity contribution in [3.63, 3.8) is 0 Å². The average Bonchev–Trinajstić information content (AvgIpc) is 2.32. The van der Waals surface area contributed by atoms with Gasteiger partial charge in [-0.25, -0.2) is 17.9 Å². The predicted molar refractivity (Wildman–Crippen MR) is 76.7 cm³/mol. The number of hydrogen-bond donors (Lipinski definition) is 2. The zero-order chi connectivity index (χ0) is 15.6. The van der Waals surface area contributed by atoms with Gasteiger partial charge in [0.05, 0.1) is 11.3 Å². The molecule has 0 atom stereocenters. The molecule has 1 aromatic carbocycles. The number of carbonyl (C=O) groups excluding carboxylic acids is 1. The lowest BCUT2D eigenvalue weighted by Gasteiger charge is -2.24. The Hall–Kier alpha value is -1.89. The highest BCUT2D eigenvalue weighted by molar-refractivity contribution is 7.90. The van der Waals surface area contributed by atoms with Crippen LogP contribution in [0.3, 0.4) is 0 Å². The van der Waals surface area contributed by atoms with Gasteiger partial charge >= 0.3 is 5.97 Å². The zero-order valence-corrected chi connectivity index (χ0v) is 12.4. The SMILES string of the molecule is Cc1cc(C(=O)O)cc(C(=O)NS(=O)(=O)CC2CCC2)c1. The molecule has 0 aliphatic heterocycles. The number of carboxylic acid groups (broad SMARTS) is 1. The van der Waals surface area contributed by atoms with Gasteiger partial charge in [0.2, 0.25) is 10.0 Å². The molecule has 1 amide bonds. The van der Waals surface area contributed by atoms with Crippen molar-refractivity contribution < 1.29 is 23.1 Å². The summed E-state index contributed by atoms with van der Waals surface area (Å²) in [6, 6.07) is 4.05. The maximum Gasteiger partial charge on any atom is 0.335 e. The molecule has 1 aromatic rings. The van der Waals surface area contributed by atoms with Gasteiger partial charge in [0.25, 0.3) is 5.91 Å². The first-order valence-electron chi connectivity index (χ1n) is 6.66. The Labute approximate surface area is 123 Å². The number of sulfonamides is 1. The first-order chi connectivity index (χ1) is 9.77. The number of rotatable bonds is 5. The van der Waals surface area contributed by atoms with Crippen molar-refractivity contribution in [2.75, 3.05) is 5.75 Å². The quantitative estimate of drug-likeness (QED) is 0.859. The first kappa shape index (κ1) is 15.5. The molecule has 0 unspecified atom stereocenters. The number of aryl methyl sites for hydroxylation is 1. The Balaban J connectivity index is 2.14. The lowest BCUT2D eigenvalue weighted by atomic mass is 9.87. The molecule has 2 N–H and O–H groups in total. The van der Waals surface area contributed by atoms with Crippen LogP contribution in [0.5, 0.6) is 0 Å². The Morgan fingerprint density at radius 1 is 1.24 bits per heavy atom. The molecule has 1 saturated carbocycles. The summed E-state index contributed by atoms with van der Waals surface area (Å²) in [4.78, 5) is 22.9. The van der Waals surface area contributed by atoms with Crippen molar-refractivity contribution in [2.45, 2.75) is 26.2 Å². The van der Waals surface area contributed by atoms with Crippen molar-refractivity contribution in [3.8, 4) is 0 Å². The lowest BCUT2D eigenvalue weighted by molar-refractivity contribution is 0.0696. The van der Waals surface area contributed by atoms with Crippen LogP contribution < -0.4 is 4.72 Å². The number of nitrogens with one attached hydrogen (secondary N) is 1. The van der Waals surface area contributed by atoms with Gasteiger partial charge in [-0.3, -0.25) is 4.79 Å². The molecular weight excluding hydrogens is 294 g/mol. The standard InChI is InChI=1S/C14H17NO5S/c1-9-5-11(7-12(6-9)14(17)18)13(16)15-21(19,20)8-10-3-2-4-10/h5-7,10H,2-4,8H2,1H3,(H,15,16)(H,17,18). The lowest BCUT2D eigenvalue weighted by Crippen LogP contribution is -2.36. The van der Waals surface area contributed by atoms with Crippen LogP contribution in [0.1, 0.15) is 45.5 Å². The van der Waals surface area contributed by atoms with E-state index in [9.17, 15) is 18.0 Å². The van der Waals surface area contributed by atoms with Crippen LogP contribution >= 0.6 is 0 Å². The van der Waals surface area contributed by atoms with Crippen molar-refractivity contribution in [2.24, 2.45) is 5.92 Å². The second-order valence-electron chi connectivity index (χ2n) is 5.40. The average molecular weight is 311 g/mol. The number of hydrogen-bond acceptors (Lipinski definition) is 4. The fraction of sp³-hybridized carbons (Fsp3) is 0.429. The molecule has 114 valence electrons. The van der Waals surface area contributed by atoms with Gasteiger partial charge in [-0.1, -0.05) is 6.42 Å². The first-order valence-corrected chi connectivity index (χ1v) is 8.32.